The lowest BCUT2D eigenvalue weighted by Gasteiger charge is -2.03. The number of rotatable bonds is 3. The Balaban J connectivity index is 1.82. The van der Waals surface area contributed by atoms with E-state index >= 15 is 0 Å². The SMILES string of the molecule is Cc1cc2occ(CC(=O)Oc3ccccc3)c2cc1C. The molecule has 0 saturated carbocycles. The fourth-order valence-electron chi connectivity index (χ4n) is 2.28. The van der Waals surface area contributed by atoms with Gasteiger partial charge in [0.05, 0.1) is 12.7 Å². The molecule has 0 atom stereocenters. The normalized spacial score (nSPS) is 10.8. The predicted molar refractivity (Wildman–Crippen MR) is 81.5 cm³/mol. The molecule has 0 aliphatic heterocycles. The molecule has 0 unspecified atom stereocenters. The first-order chi connectivity index (χ1) is 10.1. The zero-order valence-corrected chi connectivity index (χ0v) is 12.1. The standard InChI is InChI=1S/C18H16O3/c1-12-8-16-14(11-20-17(16)9-13(12)2)10-18(19)21-15-6-4-3-5-7-15/h3-9,11H,10H2,1-2H3. The van der Waals surface area contributed by atoms with Crippen LogP contribution in [0.3, 0.4) is 0 Å². The third-order valence-electron chi connectivity index (χ3n) is 3.58. The lowest BCUT2D eigenvalue weighted by Crippen LogP contribution is -2.10. The van der Waals surface area contributed by atoms with E-state index in [1.54, 1.807) is 18.4 Å². The van der Waals surface area contributed by atoms with Crippen LogP contribution < -0.4 is 4.74 Å². The third-order valence-corrected chi connectivity index (χ3v) is 3.58. The van der Waals surface area contributed by atoms with Crippen LogP contribution in [-0.2, 0) is 11.2 Å². The summed E-state index contributed by atoms with van der Waals surface area (Å²) in [6.45, 7) is 4.09. The summed E-state index contributed by atoms with van der Waals surface area (Å²) in [6.07, 6.45) is 1.83. The molecule has 3 heteroatoms. The molecule has 1 heterocycles. The molecule has 21 heavy (non-hydrogen) atoms. The van der Waals surface area contributed by atoms with Crippen molar-refractivity contribution in [1.82, 2.24) is 0 Å². The van der Waals surface area contributed by atoms with E-state index in [0.717, 1.165) is 16.5 Å². The van der Waals surface area contributed by atoms with Crippen molar-refractivity contribution in [2.45, 2.75) is 20.3 Å². The maximum Gasteiger partial charge on any atom is 0.315 e. The number of hydrogen-bond acceptors (Lipinski definition) is 3. The van der Waals surface area contributed by atoms with Gasteiger partial charge in [0.25, 0.3) is 0 Å². The highest BCUT2D eigenvalue weighted by Gasteiger charge is 2.13. The minimum Gasteiger partial charge on any atom is -0.464 e. The van der Waals surface area contributed by atoms with Crippen LogP contribution in [0.25, 0.3) is 11.0 Å². The summed E-state index contributed by atoms with van der Waals surface area (Å²) in [4.78, 5) is 12.0. The molecule has 3 nitrogen and oxygen atoms in total. The second-order valence-electron chi connectivity index (χ2n) is 5.16. The van der Waals surface area contributed by atoms with Crippen LogP contribution in [0, 0.1) is 13.8 Å². The first-order valence-electron chi connectivity index (χ1n) is 6.86. The van der Waals surface area contributed by atoms with Gasteiger partial charge in [-0.2, -0.15) is 0 Å². The quantitative estimate of drug-likeness (QED) is 0.533. The summed E-state index contributed by atoms with van der Waals surface area (Å²) >= 11 is 0. The van der Waals surface area contributed by atoms with E-state index in [9.17, 15) is 4.79 Å². The van der Waals surface area contributed by atoms with E-state index in [2.05, 4.69) is 6.07 Å². The maximum absolute atomic E-state index is 12.0. The lowest BCUT2D eigenvalue weighted by atomic mass is 10.0. The summed E-state index contributed by atoms with van der Waals surface area (Å²) in [5.41, 5.74) is 4.02. The van der Waals surface area contributed by atoms with Crippen molar-refractivity contribution >= 4 is 16.9 Å². The highest BCUT2D eigenvalue weighted by molar-refractivity contribution is 5.87. The molecule has 0 radical (unpaired) electrons. The fourth-order valence-corrected chi connectivity index (χ4v) is 2.28. The van der Waals surface area contributed by atoms with Gasteiger partial charge in [-0.3, -0.25) is 4.79 Å². The molecule has 0 saturated heterocycles. The topological polar surface area (TPSA) is 39.4 Å². The van der Waals surface area contributed by atoms with Crippen LogP contribution >= 0.6 is 0 Å². The van der Waals surface area contributed by atoms with Crippen LogP contribution in [0.5, 0.6) is 5.75 Å². The largest absolute Gasteiger partial charge is 0.464 e. The molecule has 3 rings (SSSR count). The van der Waals surface area contributed by atoms with E-state index in [-0.39, 0.29) is 12.4 Å². The molecule has 3 aromatic rings. The second-order valence-corrected chi connectivity index (χ2v) is 5.16. The van der Waals surface area contributed by atoms with Gasteiger partial charge in [-0.25, -0.2) is 0 Å². The number of carbonyl (C=O) groups excluding carboxylic acids is 1. The minimum absolute atomic E-state index is 0.199. The van der Waals surface area contributed by atoms with Crippen molar-refractivity contribution in [1.29, 1.82) is 0 Å². The van der Waals surface area contributed by atoms with Crippen molar-refractivity contribution in [3.8, 4) is 5.75 Å². The van der Waals surface area contributed by atoms with Gasteiger partial charge in [0.15, 0.2) is 0 Å². The van der Waals surface area contributed by atoms with Crippen molar-refractivity contribution < 1.29 is 13.9 Å². The Hall–Kier alpha value is -2.55. The van der Waals surface area contributed by atoms with Crippen LogP contribution in [0.1, 0.15) is 16.7 Å². The Morgan fingerprint density at radius 1 is 1.10 bits per heavy atom. The molecule has 0 bridgehead atoms. The van der Waals surface area contributed by atoms with E-state index in [0.29, 0.717) is 5.75 Å². The van der Waals surface area contributed by atoms with Gasteiger partial charge in [0.2, 0.25) is 0 Å². The zero-order valence-electron chi connectivity index (χ0n) is 12.1. The first kappa shape index (κ1) is 13.4. The van der Waals surface area contributed by atoms with Crippen molar-refractivity contribution in [3.05, 3.63) is 65.4 Å². The molecule has 0 aliphatic rings. The zero-order chi connectivity index (χ0) is 14.8. The second kappa shape index (κ2) is 5.44. The summed E-state index contributed by atoms with van der Waals surface area (Å²) < 4.78 is 10.8. The van der Waals surface area contributed by atoms with Gasteiger partial charge < -0.3 is 9.15 Å². The number of esters is 1. The Kier molecular flexibility index (Phi) is 3.48. The van der Waals surface area contributed by atoms with Gasteiger partial charge in [-0.05, 0) is 49.2 Å². The molecule has 0 spiro atoms. The Morgan fingerprint density at radius 2 is 1.81 bits per heavy atom. The molecular formula is C18H16O3. The van der Waals surface area contributed by atoms with Crippen LogP contribution in [0.15, 0.2) is 53.1 Å². The average molecular weight is 280 g/mol. The summed E-state index contributed by atoms with van der Waals surface area (Å²) in [6, 6.07) is 13.1. The van der Waals surface area contributed by atoms with Gasteiger partial charge >= 0.3 is 5.97 Å². The smallest absolute Gasteiger partial charge is 0.315 e. The van der Waals surface area contributed by atoms with Crippen molar-refractivity contribution in [2.75, 3.05) is 0 Å². The fraction of sp³-hybridized carbons (Fsp3) is 0.167. The molecular weight excluding hydrogens is 264 g/mol. The van der Waals surface area contributed by atoms with E-state index in [1.807, 2.05) is 38.1 Å². The molecule has 0 aliphatic carbocycles. The number of fused-ring (bicyclic) bond motifs is 1. The van der Waals surface area contributed by atoms with Gasteiger partial charge in [-0.1, -0.05) is 18.2 Å². The molecule has 0 fully saturated rings. The Morgan fingerprint density at radius 3 is 2.57 bits per heavy atom. The highest BCUT2D eigenvalue weighted by atomic mass is 16.5. The Labute approximate surface area is 123 Å². The molecule has 0 amide bonds. The average Bonchev–Trinajstić information content (AvgIpc) is 2.83. The van der Waals surface area contributed by atoms with Crippen LogP contribution in [-0.4, -0.2) is 5.97 Å². The van der Waals surface area contributed by atoms with E-state index < -0.39 is 0 Å². The number of para-hydroxylation sites is 1. The van der Waals surface area contributed by atoms with Gasteiger partial charge in [0.1, 0.15) is 11.3 Å². The first-order valence-corrected chi connectivity index (χ1v) is 6.86. The Bertz CT molecular complexity index is 785. The molecule has 0 N–H and O–H groups in total. The van der Waals surface area contributed by atoms with Crippen molar-refractivity contribution in [3.63, 3.8) is 0 Å². The van der Waals surface area contributed by atoms with Crippen LogP contribution in [0.4, 0.5) is 0 Å². The molecule has 106 valence electrons. The van der Waals surface area contributed by atoms with Gasteiger partial charge in [-0.15, -0.1) is 0 Å². The number of carbonyl (C=O) groups is 1. The third kappa shape index (κ3) is 2.82. The number of benzene rings is 2. The molecule has 1 aromatic heterocycles. The maximum atomic E-state index is 12.0. The summed E-state index contributed by atoms with van der Waals surface area (Å²) in [5, 5.41) is 0.975. The highest BCUT2D eigenvalue weighted by Crippen LogP contribution is 2.25. The monoisotopic (exact) mass is 280 g/mol. The van der Waals surface area contributed by atoms with E-state index in [1.165, 1.54) is 11.1 Å². The van der Waals surface area contributed by atoms with Crippen LogP contribution in [0.2, 0.25) is 0 Å². The summed E-state index contributed by atoms with van der Waals surface area (Å²) in [7, 11) is 0. The number of hydrogen-bond donors (Lipinski definition) is 0. The minimum atomic E-state index is -0.290. The lowest BCUT2D eigenvalue weighted by molar-refractivity contribution is -0.133. The van der Waals surface area contributed by atoms with Gasteiger partial charge in [0, 0.05) is 10.9 Å². The number of ether oxygens (including phenoxy) is 1. The predicted octanol–water partition coefficient (Wildman–Crippen LogP) is 4.20. The van der Waals surface area contributed by atoms with E-state index in [4.69, 9.17) is 9.15 Å². The number of aryl methyl sites for hydroxylation is 2. The summed E-state index contributed by atoms with van der Waals surface area (Å²) in [5.74, 6) is 0.268. The molecule has 2 aromatic carbocycles. The number of furan rings is 1. The van der Waals surface area contributed by atoms with Crippen molar-refractivity contribution in [2.24, 2.45) is 0 Å².